The van der Waals surface area contributed by atoms with Crippen molar-refractivity contribution in [3.8, 4) is 0 Å². The van der Waals surface area contributed by atoms with Crippen LogP contribution in [-0.4, -0.2) is 22.7 Å². The molecule has 29 heavy (non-hydrogen) atoms. The Morgan fingerprint density at radius 2 is 2.03 bits per heavy atom. The van der Waals surface area contributed by atoms with E-state index in [4.69, 9.17) is 4.74 Å². The molecule has 0 radical (unpaired) electrons. The molecule has 2 aromatic rings. The Bertz CT molecular complexity index is 928. The Morgan fingerprint density at radius 3 is 2.72 bits per heavy atom. The fourth-order valence-electron chi connectivity index (χ4n) is 2.91. The van der Waals surface area contributed by atoms with Crippen LogP contribution in [0.4, 0.5) is 17.1 Å². The summed E-state index contributed by atoms with van der Waals surface area (Å²) in [6.07, 6.45) is 2.09. The molecule has 3 rings (SSSR count). The minimum absolute atomic E-state index is 0.0299. The number of ether oxygens (including phenoxy) is 1. The van der Waals surface area contributed by atoms with Gasteiger partial charge >= 0.3 is 5.97 Å². The molecule has 1 aliphatic rings. The number of hydrogen-bond acceptors (Lipinski definition) is 7. The van der Waals surface area contributed by atoms with E-state index in [1.807, 2.05) is 19.1 Å². The Labute approximate surface area is 173 Å². The van der Waals surface area contributed by atoms with Gasteiger partial charge in [-0.1, -0.05) is 42.8 Å². The number of carbonyl (C=O) groups excluding carboxylic acids is 1. The van der Waals surface area contributed by atoms with Crippen molar-refractivity contribution in [3.63, 3.8) is 0 Å². The molecule has 8 heteroatoms. The van der Waals surface area contributed by atoms with E-state index in [0.29, 0.717) is 17.5 Å². The summed E-state index contributed by atoms with van der Waals surface area (Å²) in [4.78, 5) is 27.3. The van der Waals surface area contributed by atoms with E-state index in [1.165, 1.54) is 23.9 Å². The van der Waals surface area contributed by atoms with E-state index < -0.39 is 4.92 Å². The number of aliphatic imine (C=N–C) groups is 1. The minimum atomic E-state index is -0.435. The lowest BCUT2D eigenvalue weighted by Crippen LogP contribution is -2.17. The first-order chi connectivity index (χ1) is 14.0. The third-order valence-corrected chi connectivity index (χ3v) is 5.57. The van der Waals surface area contributed by atoms with Crippen LogP contribution in [0.25, 0.3) is 0 Å². The fourth-order valence-corrected chi connectivity index (χ4v) is 4.04. The van der Waals surface area contributed by atoms with Crippen LogP contribution in [0.3, 0.4) is 0 Å². The van der Waals surface area contributed by atoms with Crippen molar-refractivity contribution in [1.29, 1.82) is 0 Å². The van der Waals surface area contributed by atoms with Gasteiger partial charge in [0.2, 0.25) is 0 Å². The highest BCUT2D eigenvalue weighted by Crippen LogP contribution is 2.43. The number of carbonyl (C=O) groups is 1. The Morgan fingerprint density at radius 1 is 1.28 bits per heavy atom. The molecular weight excluding hydrogens is 390 g/mol. The summed E-state index contributed by atoms with van der Waals surface area (Å²) in [7, 11) is 0. The highest BCUT2D eigenvalue weighted by Gasteiger charge is 2.27. The summed E-state index contributed by atoms with van der Waals surface area (Å²) in [5.74, 6) is -0.222. The summed E-state index contributed by atoms with van der Waals surface area (Å²) in [6.45, 7) is 4.50. The number of nitrogens with zero attached hydrogens (tertiary/aromatic N) is 2. The molecule has 0 saturated carbocycles. The number of non-ortho nitro benzene ring substituents is 1. The molecule has 1 heterocycles. The maximum atomic E-state index is 12.3. The van der Waals surface area contributed by atoms with Crippen molar-refractivity contribution >= 4 is 40.0 Å². The minimum Gasteiger partial charge on any atom is -0.466 e. The van der Waals surface area contributed by atoms with Gasteiger partial charge in [0.05, 0.1) is 23.6 Å². The van der Waals surface area contributed by atoms with Crippen molar-refractivity contribution in [1.82, 2.24) is 0 Å². The molecule has 0 amide bonds. The van der Waals surface area contributed by atoms with Crippen LogP contribution in [0, 0.1) is 17.0 Å². The highest BCUT2D eigenvalue weighted by atomic mass is 32.2. The number of benzene rings is 2. The molecule has 0 aliphatic carbocycles. The van der Waals surface area contributed by atoms with Gasteiger partial charge in [-0.2, -0.15) is 0 Å². The number of hydrogen-bond donors (Lipinski definition) is 1. The number of fused-ring (bicyclic) bond motifs is 1. The van der Waals surface area contributed by atoms with Gasteiger partial charge in [-0.25, -0.2) is 4.99 Å². The van der Waals surface area contributed by atoms with Crippen molar-refractivity contribution in [2.24, 2.45) is 4.99 Å². The van der Waals surface area contributed by atoms with Crippen LogP contribution in [-0.2, 0) is 9.53 Å². The summed E-state index contributed by atoms with van der Waals surface area (Å²) >= 11 is 1.46. The predicted octanol–water partition coefficient (Wildman–Crippen LogP) is 5.52. The molecule has 1 atom stereocenters. The Balaban J connectivity index is 1.77. The maximum absolute atomic E-state index is 12.3. The van der Waals surface area contributed by atoms with E-state index >= 15 is 0 Å². The van der Waals surface area contributed by atoms with E-state index in [-0.39, 0.29) is 23.3 Å². The Kier molecular flexibility index (Phi) is 6.87. The zero-order valence-electron chi connectivity index (χ0n) is 16.4. The fraction of sp³-hybridized carbons (Fsp3) is 0.333. The van der Waals surface area contributed by atoms with Crippen molar-refractivity contribution in [3.05, 3.63) is 63.7 Å². The molecule has 7 nitrogen and oxygen atoms in total. The standard InChI is InChI=1S/C21H23N3O4S/c1-3-4-11-28-20(25)13-19-17-12-14(2)5-10-18(17)23-21(29-19)22-15-6-8-16(9-7-15)24(26)27/h5-10,12,19H,3-4,11,13H2,1-2H3,(H,22,23). The van der Waals surface area contributed by atoms with E-state index in [2.05, 4.69) is 23.3 Å². The lowest BCUT2D eigenvalue weighted by atomic mass is 10.0. The summed E-state index contributed by atoms with van der Waals surface area (Å²) in [6, 6.07) is 12.1. The normalized spacial score (nSPS) is 15.2. The average molecular weight is 413 g/mol. The van der Waals surface area contributed by atoms with Gasteiger partial charge in [0.25, 0.3) is 5.69 Å². The lowest BCUT2D eigenvalue weighted by Gasteiger charge is -2.24. The van der Waals surface area contributed by atoms with Crippen LogP contribution in [0.1, 0.15) is 42.6 Å². The third-order valence-electron chi connectivity index (χ3n) is 4.45. The molecule has 0 aromatic heterocycles. The summed E-state index contributed by atoms with van der Waals surface area (Å²) < 4.78 is 5.34. The topological polar surface area (TPSA) is 93.8 Å². The van der Waals surface area contributed by atoms with Gasteiger partial charge < -0.3 is 10.1 Å². The van der Waals surface area contributed by atoms with Gasteiger partial charge in [0.15, 0.2) is 5.17 Å². The van der Waals surface area contributed by atoms with Crippen LogP contribution in [0.5, 0.6) is 0 Å². The number of unbranched alkanes of at least 4 members (excludes halogenated alkanes) is 1. The monoisotopic (exact) mass is 413 g/mol. The molecular formula is C21H23N3O4S. The molecule has 152 valence electrons. The molecule has 1 unspecified atom stereocenters. The number of thioether (sulfide) groups is 1. The van der Waals surface area contributed by atoms with Crippen LogP contribution < -0.4 is 5.32 Å². The van der Waals surface area contributed by atoms with E-state index in [0.717, 1.165) is 29.7 Å². The van der Waals surface area contributed by atoms with E-state index in [1.54, 1.807) is 12.1 Å². The van der Waals surface area contributed by atoms with Crippen LogP contribution in [0.2, 0.25) is 0 Å². The van der Waals surface area contributed by atoms with Crippen molar-refractivity contribution < 1.29 is 14.5 Å². The Hall–Kier alpha value is -2.87. The van der Waals surface area contributed by atoms with Gasteiger partial charge in [-0.05, 0) is 37.1 Å². The molecule has 0 bridgehead atoms. The maximum Gasteiger partial charge on any atom is 0.307 e. The quantitative estimate of drug-likeness (QED) is 0.278. The second-order valence-electron chi connectivity index (χ2n) is 6.79. The molecule has 0 spiro atoms. The first-order valence-corrected chi connectivity index (χ1v) is 10.4. The molecule has 1 aliphatic heterocycles. The summed E-state index contributed by atoms with van der Waals surface area (Å²) in [5, 5.41) is 14.5. The molecule has 0 fully saturated rings. The highest BCUT2D eigenvalue weighted by molar-refractivity contribution is 8.14. The predicted molar refractivity (Wildman–Crippen MR) is 116 cm³/mol. The number of anilines is 1. The first-order valence-electron chi connectivity index (χ1n) is 9.49. The molecule has 2 aromatic carbocycles. The number of aryl methyl sites for hydroxylation is 1. The smallest absolute Gasteiger partial charge is 0.307 e. The zero-order valence-corrected chi connectivity index (χ0v) is 17.2. The number of nitro benzene ring substituents is 1. The first kappa shape index (κ1) is 20.9. The SMILES string of the molecule is CCCCOC(=O)CC1SC(Nc2ccc([N+](=O)[O-])cc2)=Nc2ccc(C)cc21. The second kappa shape index (κ2) is 9.56. The van der Waals surface area contributed by atoms with Gasteiger partial charge in [0, 0.05) is 23.1 Å². The molecule has 1 N–H and O–H groups in total. The van der Waals surface area contributed by atoms with Gasteiger partial charge in [-0.15, -0.1) is 0 Å². The van der Waals surface area contributed by atoms with E-state index in [9.17, 15) is 14.9 Å². The average Bonchev–Trinajstić information content (AvgIpc) is 2.69. The number of amidine groups is 1. The number of rotatable bonds is 7. The van der Waals surface area contributed by atoms with Crippen LogP contribution in [0.15, 0.2) is 47.5 Å². The van der Waals surface area contributed by atoms with Crippen LogP contribution >= 0.6 is 11.8 Å². The molecule has 0 saturated heterocycles. The number of nitrogens with one attached hydrogen (secondary N) is 1. The summed E-state index contributed by atoms with van der Waals surface area (Å²) in [5.41, 5.74) is 3.65. The van der Waals surface area contributed by atoms with Crippen molar-refractivity contribution in [2.75, 3.05) is 11.9 Å². The lowest BCUT2D eigenvalue weighted by molar-refractivity contribution is -0.384. The van der Waals surface area contributed by atoms with Crippen molar-refractivity contribution in [2.45, 2.75) is 38.4 Å². The largest absolute Gasteiger partial charge is 0.466 e. The number of esters is 1. The van der Waals surface area contributed by atoms with Gasteiger partial charge in [0.1, 0.15) is 0 Å². The number of nitro groups is 1. The third kappa shape index (κ3) is 5.57. The zero-order chi connectivity index (χ0) is 20.8. The van der Waals surface area contributed by atoms with Gasteiger partial charge in [-0.3, -0.25) is 14.9 Å². The second-order valence-corrected chi connectivity index (χ2v) is 7.98.